The molecule has 1 aliphatic heterocycles. The summed E-state index contributed by atoms with van der Waals surface area (Å²) in [4.78, 5) is 15.9. The molecule has 0 bridgehead atoms. The molecule has 2 rings (SSSR count). The smallest absolute Gasteiger partial charge is 0.332 e. The number of hydrogen-bond donors (Lipinski definition) is 1. The van der Waals surface area contributed by atoms with E-state index < -0.39 is 11.2 Å². The molecule has 2 heterocycles. The lowest BCUT2D eigenvalue weighted by Gasteiger charge is -2.42. The second kappa shape index (κ2) is 5.79. The fourth-order valence-electron chi connectivity index (χ4n) is 1.95. The summed E-state index contributed by atoms with van der Waals surface area (Å²) in [6, 6.07) is 3.82. The Kier molecular flexibility index (Phi) is 4.46. The van der Waals surface area contributed by atoms with Gasteiger partial charge in [-0.2, -0.15) is 0 Å². The number of ether oxygens (including phenoxy) is 2. The maximum absolute atomic E-state index is 11.7. The van der Waals surface area contributed by atoms with Crippen LogP contribution in [0.4, 0.5) is 0 Å². The van der Waals surface area contributed by atoms with Crippen LogP contribution in [-0.2, 0) is 19.9 Å². The van der Waals surface area contributed by atoms with Gasteiger partial charge in [-0.15, -0.1) is 0 Å². The van der Waals surface area contributed by atoms with Gasteiger partial charge in [-0.1, -0.05) is 6.07 Å². The first-order valence-corrected chi connectivity index (χ1v) is 7.29. The fraction of sp³-hybridized carbons (Fsp3) is 0.571. The minimum absolute atomic E-state index is 0.0605. The van der Waals surface area contributed by atoms with Gasteiger partial charge in [0.15, 0.2) is 0 Å². The van der Waals surface area contributed by atoms with Crippen LogP contribution in [0.1, 0.15) is 26.3 Å². The zero-order chi connectivity index (χ0) is 14.8. The molecule has 1 fully saturated rings. The summed E-state index contributed by atoms with van der Waals surface area (Å²) >= 11 is 3.31. The number of carbonyl (C=O) groups is 1. The Morgan fingerprint density at radius 1 is 1.45 bits per heavy atom. The van der Waals surface area contributed by atoms with Crippen molar-refractivity contribution in [2.24, 2.45) is 0 Å². The first kappa shape index (κ1) is 15.4. The molecular formula is C14H19BrN2O3. The fourth-order valence-corrected chi connectivity index (χ4v) is 2.19. The lowest BCUT2D eigenvalue weighted by atomic mass is 9.89. The van der Waals surface area contributed by atoms with Crippen molar-refractivity contribution in [3.63, 3.8) is 0 Å². The van der Waals surface area contributed by atoms with Gasteiger partial charge < -0.3 is 14.8 Å². The maximum atomic E-state index is 11.7. The Labute approximate surface area is 127 Å². The number of rotatable bonds is 4. The predicted octanol–water partition coefficient (Wildman–Crippen LogP) is 2.00. The van der Waals surface area contributed by atoms with Crippen LogP contribution in [0, 0.1) is 0 Å². The second-order valence-corrected chi connectivity index (χ2v) is 6.66. The normalized spacial score (nSPS) is 17.4. The summed E-state index contributed by atoms with van der Waals surface area (Å²) < 4.78 is 11.8. The van der Waals surface area contributed by atoms with Crippen LogP contribution >= 0.6 is 15.9 Å². The Balaban J connectivity index is 1.98. The van der Waals surface area contributed by atoms with E-state index in [0.717, 1.165) is 10.2 Å². The van der Waals surface area contributed by atoms with E-state index in [9.17, 15) is 4.79 Å². The van der Waals surface area contributed by atoms with Gasteiger partial charge in [0.1, 0.15) is 22.4 Å². The minimum atomic E-state index is -0.495. The quantitative estimate of drug-likeness (QED) is 0.669. The third-order valence-electron chi connectivity index (χ3n) is 2.96. The first-order chi connectivity index (χ1) is 9.31. The van der Waals surface area contributed by atoms with E-state index in [-0.39, 0.29) is 12.6 Å². The van der Waals surface area contributed by atoms with E-state index in [4.69, 9.17) is 9.47 Å². The first-order valence-electron chi connectivity index (χ1n) is 6.49. The lowest BCUT2D eigenvalue weighted by molar-refractivity contribution is -0.171. The molecule has 0 spiro atoms. The van der Waals surface area contributed by atoms with Crippen molar-refractivity contribution in [1.82, 2.24) is 10.3 Å². The summed E-state index contributed by atoms with van der Waals surface area (Å²) in [7, 11) is 0. The summed E-state index contributed by atoms with van der Waals surface area (Å²) in [5.41, 5.74) is -0.0158. The highest BCUT2D eigenvalue weighted by Gasteiger charge is 2.41. The molecule has 1 aromatic heterocycles. The van der Waals surface area contributed by atoms with Crippen LogP contribution in [0.2, 0.25) is 0 Å². The van der Waals surface area contributed by atoms with E-state index >= 15 is 0 Å². The minimum Gasteiger partial charge on any atom is -0.458 e. The number of nitrogens with zero attached hydrogens (tertiary/aromatic N) is 1. The van der Waals surface area contributed by atoms with Gasteiger partial charge in [0, 0.05) is 24.8 Å². The number of pyridine rings is 1. The van der Waals surface area contributed by atoms with Crippen molar-refractivity contribution in [2.45, 2.75) is 32.0 Å². The molecule has 1 aromatic rings. The highest BCUT2D eigenvalue weighted by Crippen LogP contribution is 2.30. The van der Waals surface area contributed by atoms with Gasteiger partial charge in [0.25, 0.3) is 0 Å². The average Bonchev–Trinajstić information content (AvgIpc) is 2.27. The number of esters is 1. The number of nitrogens with one attached hydrogen (secondary N) is 1. The highest BCUT2D eigenvalue weighted by molar-refractivity contribution is 9.10. The van der Waals surface area contributed by atoms with Crippen LogP contribution < -0.4 is 5.32 Å². The highest BCUT2D eigenvalue weighted by atomic mass is 79.9. The van der Waals surface area contributed by atoms with Crippen molar-refractivity contribution in [3.05, 3.63) is 28.5 Å². The van der Waals surface area contributed by atoms with Gasteiger partial charge in [-0.3, -0.25) is 0 Å². The molecule has 110 valence electrons. The number of carbonyl (C=O) groups excluding carboxylic acids is 1. The molecule has 0 saturated carbocycles. The Bertz CT molecular complexity index is 478. The second-order valence-electron chi connectivity index (χ2n) is 5.84. The molecule has 20 heavy (non-hydrogen) atoms. The van der Waals surface area contributed by atoms with Crippen LogP contribution in [-0.4, -0.2) is 36.3 Å². The van der Waals surface area contributed by atoms with E-state index in [1.54, 1.807) is 6.20 Å². The largest absolute Gasteiger partial charge is 0.458 e. The molecule has 0 atom stereocenters. The summed E-state index contributed by atoms with van der Waals surface area (Å²) in [5, 5.41) is 3.17. The van der Waals surface area contributed by atoms with E-state index in [1.807, 2.05) is 32.9 Å². The van der Waals surface area contributed by atoms with Gasteiger partial charge >= 0.3 is 5.97 Å². The zero-order valence-electron chi connectivity index (χ0n) is 11.9. The summed E-state index contributed by atoms with van der Waals surface area (Å²) in [6.45, 7) is 6.78. The Hall–Kier alpha value is -0.980. The van der Waals surface area contributed by atoms with Gasteiger partial charge in [0.2, 0.25) is 0 Å². The molecule has 0 unspecified atom stereocenters. The van der Waals surface area contributed by atoms with Crippen LogP contribution in [0.15, 0.2) is 22.9 Å². The van der Waals surface area contributed by atoms with Gasteiger partial charge in [0.05, 0.1) is 0 Å². The number of aromatic nitrogens is 1. The van der Waals surface area contributed by atoms with Crippen molar-refractivity contribution in [2.75, 3.05) is 19.7 Å². The summed E-state index contributed by atoms with van der Waals surface area (Å²) in [6.07, 6.45) is 1.76. The zero-order valence-corrected chi connectivity index (χ0v) is 13.5. The predicted molar refractivity (Wildman–Crippen MR) is 78.3 cm³/mol. The number of hydrogen-bond acceptors (Lipinski definition) is 5. The van der Waals surface area contributed by atoms with Crippen LogP contribution in [0.5, 0.6) is 0 Å². The standard InChI is InChI=1S/C14H19BrN2O3/c1-13(2,3)20-12(18)7-19-14(8-16-9-14)10-4-5-11(15)17-6-10/h4-6,16H,7-9H2,1-3H3. The topological polar surface area (TPSA) is 60.5 Å². The van der Waals surface area contributed by atoms with Crippen molar-refractivity contribution >= 4 is 21.9 Å². The van der Waals surface area contributed by atoms with Gasteiger partial charge in [-0.25, -0.2) is 9.78 Å². The molecule has 1 saturated heterocycles. The SMILES string of the molecule is CC(C)(C)OC(=O)COC1(c2ccc(Br)nc2)CNC1. The third kappa shape index (κ3) is 3.77. The van der Waals surface area contributed by atoms with Gasteiger partial charge in [-0.05, 0) is 42.8 Å². The molecule has 5 nitrogen and oxygen atoms in total. The molecule has 0 amide bonds. The van der Waals surface area contributed by atoms with E-state index in [0.29, 0.717) is 13.1 Å². The van der Waals surface area contributed by atoms with E-state index in [1.165, 1.54) is 0 Å². The van der Waals surface area contributed by atoms with Crippen molar-refractivity contribution in [1.29, 1.82) is 0 Å². The van der Waals surface area contributed by atoms with Crippen molar-refractivity contribution in [3.8, 4) is 0 Å². The third-order valence-corrected chi connectivity index (χ3v) is 3.43. The monoisotopic (exact) mass is 342 g/mol. The van der Waals surface area contributed by atoms with Crippen molar-refractivity contribution < 1.29 is 14.3 Å². The molecule has 1 aliphatic rings. The average molecular weight is 343 g/mol. The maximum Gasteiger partial charge on any atom is 0.332 e. The molecule has 0 aliphatic carbocycles. The van der Waals surface area contributed by atoms with Crippen LogP contribution in [0.3, 0.4) is 0 Å². The number of halogens is 1. The van der Waals surface area contributed by atoms with E-state index in [2.05, 4.69) is 26.2 Å². The molecule has 0 radical (unpaired) electrons. The molecule has 1 N–H and O–H groups in total. The Morgan fingerprint density at radius 3 is 2.60 bits per heavy atom. The Morgan fingerprint density at radius 2 is 2.15 bits per heavy atom. The molecular weight excluding hydrogens is 324 g/mol. The summed E-state index contributed by atoms with van der Waals surface area (Å²) in [5.74, 6) is -0.353. The lowest BCUT2D eigenvalue weighted by Crippen LogP contribution is -2.59. The molecule has 6 heteroatoms. The van der Waals surface area contributed by atoms with Crippen LogP contribution in [0.25, 0.3) is 0 Å². The molecule has 0 aromatic carbocycles.